The van der Waals surface area contributed by atoms with Crippen LogP contribution in [0.1, 0.15) is 95.2 Å². The van der Waals surface area contributed by atoms with Crippen LogP contribution in [0.25, 0.3) is 33.3 Å². The number of benzene rings is 3. The number of halogens is 1. The van der Waals surface area contributed by atoms with Crippen LogP contribution in [-0.4, -0.2) is 145 Å². The first kappa shape index (κ1) is 54.4. The van der Waals surface area contributed by atoms with E-state index in [9.17, 15) is 24.3 Å². The normalized spacial score (nSPS) is 22.3. The molecule has 5 aromatic rings. The van der Waals surface area contributed by atoms with E-state index in [0.29, 0.717) is 72.1 Å². The summed E-state index contributed by atoms with van der Waals surface area (Å²) < 4.78 is 38.5. The highest BCUT2D eigenvalue weighted by Crippen LogP contribution is 2.45. The van der Waals surface area contributed by atoms with Crippen molar-refractivity contribution in [2.24, 2.45) is 11.3 Å². The van der Waals surface area contributed by atoms with Gasteiger partial charge in [0, 0.05) is 94.3 Å². The first-order valence-electron chi connectivity index (χ1n) is 27.0. The number of carbonyl (C=O) groups is 4. The average Bonchev–Trinajstić information content (AvgIpc) is 4.06. The van der Waals surface area contributed by atoms with E-state index in [1.807, 2.05) is 84.1 Å². The van der Waals surface area contributed by atoms with Gasteiger partial charge in [-0.25, -0.2) is 9.82 Å². The van der Waals surface area contributed by atoms with Gasteiger partial charge in [-0.3, -0.25) is 29.2 Å². The lowest BCUT2D eigenvalue weighted by atomic mass is 9.83. The molecule has 6 heterocycles. The minimum absolute atomic E-state index is 0.0200. The van der Waals surface area contributed by atoms with Gasteiger partial charge in [0.25, 0.3) is 11.8 Å². The van der Waals surface area contributed by atoms with Crippen LogP contribution >= 0.6 is 0 Å². The highest BCUT2D eigenvalue weighted by molar-refractivity contribution is 5.97. The Morgan fingerprint density at radius 3 is 2.46 bits per heavy atom. The Labute approximate surface area is 445 Å². The Morgan fingerprint density at radius 2 is 1.75 bits per heavy atom. The van der Waals surface area contributed by atoms with Gasteiger partial charge in [-0.05, 0) is 105 Å². The summed E-state index contributed by atoms with van der Waals surface area (Å²) in [6.07, 6.45) is 2.37. The number of hydrogen-bond acceptors (Lipinski definition) is 12. The molecule has 6 bridgehead atoms. The van der Waals surface area contributed by atoms with Crippen molar-refractivity contribution in [2.45, 2.75) is 116 Å². The number of anilines is 1. The van der Waals surface area contributed by atoms with Crippen LogP contribution in [0.4, 0.5) is 10.1 Å². The number of phenolic OH excluding ortho intramolecular Hbond substituents is 1. The zero-order valence-corrected chi connectivity index (χ0v) is 45.5. The van der Waals surface area contributed by atoms with Gasteiger partial charge < -0.3 is 43.9 Å². The summed E-state index contributed by atoms with van der Waals surface area (Å²) in [6, 6.07) is 17.1. The molecule has 3 N–H and O–H groups in total. The number of phenols is 1. The number of aryl methyl sites for hydroxylation is 1. The molecule has 3 aromatic carbocycles. The minimum Gasteiger partial charge on any atom is -0.508 e. The number of hydrogen-bond donors (Lipinski definition) is 3. The van der Waals surface area contributed by atoms with Gasteiger partial charge in [0.15, 0.2) is 0 Å². The second kappa shape index (κ2) is 22.7. The topological polar surface area (TPSA) is 171 Å². The molecule has 9 rings (SSSR count). The summed E-state index contributed by atoms with van der Waals surface area (Å²) >= 11 is 0. The molecule has 3 amide bonds. The van der Waals surface area contributed by atoms with Crippen LogP contribution < -0.4 is 15.6 Å². The van der Waals surface area contributed by atoms with Gasteiger partial charge in [0.1, 0.15) is 35.8 Å². The van der Waals surface area contributed by atoms with Crippen molar-refractivity contribution >= 4 is 40.3 Å². The Bertz CT molecular complexity index is 2960. The summed E-state index contributed by atoms with van der Waals surface area (Å²) in [5.41, 5.74) is 9.05. The summed E-state index contributed by atoms with van der Waals surface area (Å²) in [6.45, 7) is 16.2. The molecule has 5 unspecified atom stereocenters. The lowest BCUT2D eigenvalue weighted by molar-refractivity contribution is -0.155. The molecule has 3 fully saturated rings. The van der Waals surface area contributed by atoms with Gasteiger partial charge in [-0.15, -0.1) is 0 Å². The Hall–Kier alpha value is -6.40. The van der Waals surface area contributed by atoms with E-state index in [-0.39, 0.29) is 48.6 Å². The summed E-state index contributed by atoms with van der Waals surface area (Å²) in [4.78, 5) is 69.3. The molecule has 0 spiro atoms. The maximum Gasteiger partial charge on any atom is 0.324 e. The molecule has 0 radical (unpaired) electrons. The number of amides is 3. The van der Waals surface area contributed by atoms with Gasteiger partial charge in [-0.2, -0.15) is 0 Å². The number of aromatic hydroxyl groups is 1. The number of likely N-dealkylation sites (N-methyl/N-ethyl adjacent to an activating group) is 2. The lowest BCUT2D eigenvalue weighted by Gasteiger charge is -2.37. The predicted molar refractivity (Wildman–Crippen MR) is 290 cm³/mol. The fraction of sp³-hybridized carbons (Fsp3) is 0.508. The number of fused-ring (bicyclic) bond motifs is 6. The zero-order valence-electron chi connectivity index (χ0n) is 45.5. The van der Waals surface area contributed by atoms with E-state index in [1.165, 1.54) is 22.0 Å². The monoisotopic (exact) mass is 1040 g/mol. The number of methoxy groups -OCH3 is 1. The number of nitrogens with one attached hydrogen (secondary N) is 2. The highest BCUT2D eigenvalue weighted by Gasteiger charge is 2.43. The van der Waals surface area contributed by atoms with Crippen molar-refractivity contribution in [3.63, 3.8) is 0 Å². The predicted octanol–water partition coefficient (Wildman–Crippen LogP) is 7.40. The second-order valence-corrected chi connectivity index (χ2v) is 22.3. The number of ether oxygens (including phenoxy) is 3. The van der Waals surface area contributed by atoms with Crippen LogP contribution in [-0.2, 0) is 52.8 Å². The van der Waals surface area contributed by atoms with Crippen LogP contribution in [0.5, 0.6) is 5.75 Å². The third-order valence-corrected chi connectivity index (χ3v) is 15.9. The quantitative estimate of drug-likeness (QED) is 0.112. The number of piperazine rings is 1. The van der Waals surface area contributed by atoms with Gasteiger partial charge in [0.05, 0.1) is 41.5 Å². The van der Waals surface area contributed by atoms with Crippen LogP contribution in [0.15, 0.2) is 72.9 Å². The highest BCUT2D eigenvalue weighted by atomic mass is 19.1. The fourth-order valence-electron chi connectivity index (χ4n) is 11.8. The maximum absolute atomic E-state index is 18.3. The molecular weight excluding hydrogens is 968 g/mol. The Morgan fingerprint density at radius 1 is 1.00 bits per heavy atom. The third kappa shape index (κ3) is 11.1. The minimum atomic E-state index is -1.26. The molecule has 406 valence electrons. The van der Waals surface area contributed by atoms with E-state index in [2.05, 4.69) is 38.2 Å². The first-order chi connectivity index (χ1) is 36.4. The van der Waals surface area contributed by atoms with Crippen molar-refractivity contribution in [1.82, 2.24) is 35.1 Å². The van der Waals surface area contributed by atoms with Crippen molar-refractivity contribution in [3.05, 3.63) is 101 Å². The summed E-state index contributed by atoms with van der Waals surface area (Å²) in [5, 5.41) is 16.2. The van der Waals surface area contributed by atoms with Crippen LogP contribution in [0.2, 0.25) is 0 Å². The molecule has 3 saturated heterocycles. The molecule has 0 saturated carbocycles. The van der Waals surface area contributed by atoms with Gasteiger partial charge >= 0.3 is 5.97 Å². The molecule has 16 nitrogen and oxygen atoms in total. The number of nitrogens with zero attached hydrogens (tertiary/aromatic N) is 6. The number of carbonyl (C=O) groups excluding carboxylic acids is 4. The Kier molecular flexibility index (Phi) is 16.2. The van der Waals surface area contributed by atoms with Crippen molar-refractivity contribution < 1.29 is 42.9 Å². The molecule has 76 heavy (non-hydrogen) atoms. The largest absolute Gasteiger partial charge is 0.508 e. The van der Waals surface area contributed by atoms with E-state index < -0.39 is 59.3 Å². The molecule has 0 aliphatic carbocycles. The van der Waals surface area contributed by atoms with Crippen molar-refractivity contribution in [2.75, 3.05) is 72.0 Å². The van der Waals surface area contributed by atoms with Crippen LogP contribution in [0, 0.1) is 17.2 Å². The average molecular weight is 1040 g/mol. The smallest absolute Gasteiger partial charge is 0.324 e. The number of pyridine rings is 1. The second-order valence-electron chi connectivity index (χ2n) is 22.3. The van der Waals surface area contributed by atoms with Crippen LogP contribution in [0.3, 0.4) is 0 Å². The molecule has 2 aromatic heterocycles. The molecule has 17 heteroatoms. The van der Waals surface area contributed by atoms with Gasteiger partial charge in [0.2, 0.25) is 5.91 Å². The fourth-order valence-corrected chi connectivity index (χ4v) is 11.8. The zero-order chi connectivity index (χ0) is 54.2. The number of esters is 1. The molecular formula is C59H75FN8O8. The Balaban J connectivity index is 1.14. The van der Waals surface area contributed by atoms with Gasteiger partial charge in [-0.1, -0.05) is 64.1 Å². The number of hydrazine groups is 1. The maximum atomic E-state index is 18.3. The first-order valence-corrected chi connectivity index (χ1v) is 27.0. The third-order valence-electron chi connectivity index (χ3n) is 15.9. The van der Waals surface area contributed by atoms with E-state index >= 15 is 4.39 Å². The van der Waals surface area contributed by atoms with E-state index in [0.717, 1.165) is 48.7 Å². The molecule has 6 atom stereocenters. The van der Waals surface area contributed by atoms with E-state index in [1.54, 1.807) is 26.3 Å². The van der Waals surface area contributed by atoms with Crippen molar-refractivity contribution in [3.8, 4) is 28.1 Å². The summed E-state index contributed by atoms with van der Waals surface area (Å²) in [7, 11) is 5.35. The summed E-state index contributed by atoms with van der Waals surface area (Å²) in [5.74, 6) is -3.24. The van der Waals surface area contributed by atoms with Crippen molar-refractivity contribution in [1.29, 1.82) is 0 Å². The number of aromatic nitrogens is 2. The SMILES string of the molecule is CCn1c(-c2cc(N3CCN(C)CC3)cnc2C(C)OC)c2c3c(F)c(ccc31)-c1cc(O)cc(c1)C[C@H](NC(=O)C(C(C)C)N(C)C(=O)C1OCCC1c1ccccc1)C(=O)N1CCCC(N1)C(=O)OCC(C)(C)C2. The number of rotatable bonds is 11. The van der Waals surface area contributed by atoms with E-state index in [4.69, 9.17) is 19.2 Å². The molecule has 4 aliphatic heterocycles. The lowest BCUT2D eigenvalue weighted by Crippen LogP contribution is -2.62. The number of cyclic esters (lactones) is 1. The standard InChI is InChI=1S/C59H75FN8O8/c1-10-67-48-19-18-42-39-27-37(28-41(69)30-39)29-47(62-55(70)52(35(2)3)65(8)57(72)54-43(20-26-75-54)38-15-12-11-13-16-38)56(71)68-21-14-17-46(63-68)58(73)76-34-59(5,6)32-45(49(48)50(42)60)53(67)44-31-40(33-61-51(44)36(4)74-9)66-24-22-64(7)23-25-66/h11-13,15-16,18-19,27-28,30-31,33,35-36,43,46-47,52,54,63,69H,10,14,17,20-26,29,32,34H2,1-9H3,(H,62,70)/t36?,43?,46?,47-,52?,54?/m0/s1. The molecule has 4 aliphatic rings.